The zero-order chi connectivity index (χ0) is 13.3. The Hall–Kier alpha value is -1.44. The minimum absolute atomic E-state index is 0.0236. The van der Waals surface area contributed by atoms with E-state index in [9.17, 15) is 19.8 Å². The van der Waals surface area contributed by atoms with Crippen LogP contribution in [-0.4, -0.2) is 48.3 Å². The largest absolute Gasteiger partial charge is 0.488 e. The molecule has 7 heteroatoms. The fourth-order valence-corrected chi connectivity index (χ4v) is 1.86. The minimum atomic E-state index is -1.00. The van der Waals surface area contributed by atoms with Crippen LogP contribution in [0, 0.1) is 0 Å². The molecule has 1 heterocycles. The highest BCUT2D eigenvalue weighted by atomic mass is 16.5. The van der Waals surface area contributed by atoms with Crippen LogP contribution in [0.2, 0.25) is 0 Å². The van der Waals surface area contributed by atoms with Gasteiger partial charge in [-0.1, -0.05) is 0 Å². The first-order valence-corrected chi connectivity index (χ1v) is 5.74. The Morgan fingerprint density at radius 1 is 1.39 bits per heavy atom. The van der Waals surface area contributed by atoms with E-state index in [1.165, 1.54) is 0 Å². The Balaban J connectivity index is 1.97. The van der Waals surface area contributed by atoms with Crippen LogP contribution in [0.3, 0.4) is 0 Å². The maximum Gasteiger partial charge on any atom is 0.272 e. The van der Waals surface area contributed by atoms with Gasteiger partial charge in [-0.15, -0.1) is 0 Å². The third-order valence-corrected chi connectivity index (χ3v) is 2.89. The van der Waals surface area contributed by atoms with Gasteiger partial charge in [0.25, 0.3) is 10.9 Å². The van der Waals surface area contributed by atoms with Gasteiger partial charge in [0.1, 0.15) is 24.0 Å². The molecule has 1 fully saturated rings. The van der Waals surface area contributed by atoms with Gasteiger partial charge in [0.15, 0.2) is 5.75 Å². The third kappa shape index (κ3) is 2.12. The van der Waals surface area contributed by atoms with E-state index in [1.54, 1.807) is 6.92 Å². The Bertz CT molecular complexity index is 492. The Morgan fingerprint density at radius 3 is 2.67 bits per heavy atom. The topological polar surface area (TPSA) is 105 Å². The fourth-order valence-electron chi connectivity index (χ4n) is 1.86. The first kappa shape index (κ1) is 13.0. The van der Waals surface area contributed by atoms with E-state index in [0.717, 1.165) is 0 Å². The van der Waals surface area contributed by atoms with Crippen molar-refractivity contribution >= 4 is 5.69 Å². The molecule has 0 saturated carbocycles. The average Bonchev–Trinajstić information content (AvgIpc) is 2.69. The second kappa shape index (κ2) is 5.05. The molecule has 1 aromatic carbocycles. The molecule has 3 atom stereocenters. The number of aliphatic hydroxyl groups excluding tert-OH is 2. The van der Waals surface area contributed by atoms with Crippen LogP contribution in [0.1, 0.15) is 6.92 Å². The molecule has 1 aliphatic rings. The Kier molecular flexibility index (Phi) is 3.65. The van der Waals surface area contributed by atoms with Crippen LogP contribution < -0.4 is 20.9 Å². The van der Waals surface area contributed by atoms with Gasteiger partial charge in [0.2, 0.25) is 0 Å². The highest BCUT2D eigenvalue weighted by Crippen LogP contribution is 2.19. The summed E-state index contributed by atoms with van der Waals surface area (Å²) in [6, 6.07) is 0. The van der Waals surface area contributed by atoms with E-state index in [4.69, 9.17) is 9.47 Å². The number of aliphatic hydroxyl groups is 2. The number of anilines is 1. The van der Waals surface area contributed by atoms with E-state index in [-0.39, 0.29) is 24.6 Å². The lowest BCUT2D eigenvalue weighted by Crippen LogP contribution is -2.40. The molecular formula is C11H15NO6. The first-order chi connectivity index (χ1) is 8.56. The van der Waals surface area contributed by atoms with Crippen LogP contribution in [-0.2, 0) is 4.74 Å². The summed E-state index contributed by atoms with van der Waals surface area (Å²) >= 11 is 0. The maximum atomic E-state index is 11.3. The predicted molar refractivity (Wildman–Crippen MR) is 62.8 cm³/mol. The SMILES string of the molecule is CCOc1c(NC[C@H]2OC[C@H](O)[C@@H]2O)c(=O)c1=O. The number of rotatable bonds is 5. The molecular weight excluding hydrogens is 242 g/mol. The van der Waals surface area contributed by atoms with Crippen LogP contribution >= 0.6 is 0 Å². The molecule has 2 rings (SSSR count). The normalized spacial score (nSPS) is 27.6. The quantitative estimate of drug-likeness (QED) is 0.535. The van der Waals surface area contributed by atoms with Gasteiger partial charge < -0.3 is 25.0 Å². The summed E-state index contributed by atoms with van der Waals surface area (Å²) < 4.78 is 10.2. The maximum absolute atomic E-state index is 11.3. The van der Waals surface area contributed by atoms with Crippen molar-refractivity contribution in [1.29, 1.82) is 0 Å². The van der Waals surface area contributed by atoms with Gasteiger partial charge in [-0.3, -0.25) is 9.59 Å². The molecule has 0 spiro atoms. The first-order valence-electron chi connectivity index (χ1n) is 5.74. The van der Waals surface area contributed by atoms with Crippen LogP contribution in [0.5, 0.6) is 5.75 Å². The number of nitrogens with one attached hydrogen (secondary N) is 1. The summed E-state index contributed by atoms with van der Waals surface area (Å²) in [5.74, 6) is 0.0236. The van der Waals surface area contributed by atoms with Crippen molar-refractivity contribution in [2.45, 2.75) is 25.2 Å². The molecule has 18 heavy (non-hydrogen) atoms. The second-order valence-electron chi connectivity index (χ2n) is 4.11. The second-order valence-corrected chi connectivity index (χ2v) is 4.11. The van der Waals surface area contributed by atoms with Gasteiger partial charge in [-0.2, -0.15) is 0 Å². The van der Waals surface area contributed by atoms with E-state index in [1.807, 2.05) is 0 Å². The third-order valence-electron chi connectivity index (χ3n) is 2.89. The highest BCUT2D eigenvalue weighted by molar-refractivity contribution is 5.61. The van der Waals surface area contributed by atoms with Gasteiger partial charge in [0.05, 0.1) is 13.2 Å². The molecule has 3 N–H and O–H groups in total. The van der Waals surface area contributed by atoms with Gasteiger partial charge in [0, 0.05) is 6.54 Å². The van der Waals surface area contributed by atoms with E-state index in [2.05, 4.69) is 5.32 Å². The van der Waals surface area contributed by atoms with Crippen molar-refractivity contribution in [3.63, 3.8) is 0 Å². The predicted octanol–water partition coefficient (Wildman–Crippen LogP) is -1.79. The van der Waals surface area contributed by atoms with Crippen LogP contribution in [0.4, 0.5) is 5.69 Å². The monoisotopic (exact) mass is 257 g/mol. The number of hydrogen-bond donors (Lipinski definition) is 3. The zero-order valence-corrected chi connectivity index (χ0v) is 9.88. The standard InChI is InChI=1S/C11H15NO6/c1-2-17-11-7(9(15)10(11)16)12-3-6-8(14)5(13)4-18-6/h5-6,8,12-14H,2-4H2,1H3/t5-,6+,8-/m0/s1. The summed E-state index contributed by atoms with van der Waals surface area (Å²) in [5.41, 5.74) is -1.17. The Morgan fingerprint density at radius 2 is 2.11 bits per heavy atom. The summed E-state index contributed by atoms with van der Waals surface area (Å²) in [6.07, 6.45) is -2.53. The van der Waals surface area contributed by atoms with Gasteiger partial charge in [-0.25, -0.2) is 0 Å². The van der Waals surface area contributed by atoms with E-state index >= 15 is 0 Å². The lowest BCUT2D eigenvalue weighted by atomic mass is 10.1. The summed E-state index contributed by atoms with van der Waals surface area (Å²) in [5, 5.41) is 21.5. The summed E-state index contributed by atoms with van der Waals surface area (Å²) in [6.45, 7) is 2.18. The van der Waals surface area contributed by atoms with Crippen molar-refractivity contribution in [3.05, 3.63) is 20.4 Å². The summed E-state index contributed by atoms with van der Waals surface area (Å²) in [7, 11) is 0. The van der Waals surface area contributed by atoms with Crippen molar-refractivity contribution in [3.8, 4) is 5.75 Å². The molecule has 0 radical (unpaired) electrons. The van der Waals surface area contributed by atoms with Crippen molar-refractivity contribution in [1.82, 2.24) is 0 Å². The lowest BCUT2D eigenvalue weighted by molar-refractivity contribution is 0.0293. The molecule has 1 aromatic rings. The molecule has 1 aliphatic heterocycles. The molecule has 7 nitrogen and oxygen atoms in total. The molecule has 0 bridgehead atoms. The molecule has 0 unspecified atom stereocenters. The van der Waals surface area contributed by atoms with E-state index in [0.29, 0.717) is 6.61 Å². The van der Waals surface area contributed by atoms with Crippen molar-refractivity contribution in [2.24, 2.45) is 0 Å². The van der Waals surface area contributed by atoms with Crippen molar-refractivity contribution in [2.75, 3.05) is 25.1 Å². The van der Waals surface area contributed by atoms with Crippen molar-refractivity contribution < 1.29 is 19.7 Å². The summed E-state index contributed by atoms with van der Waals surface area (Å²) in [4.78, 5) is 22.5. The minimum Gasteiger partial charge on any atom is -0.488 e. The zero-order valence-electron chi connectivity index (χ0n) is 9.88. The Labute approximate surface area is 103 Å². The smallest absolute Gasteiger partial charge is 0.272 e. The average molecular weight is 257 g/mol. The molecule has 100 valence electrons. The molecule has 1 saturated heterocycles. The lowest BCUT2D eigenvalue weighted by Gasteiger charge is -2.18. The van der Waals surface area contributed by atoms with Gasteiger partial charge in [-0.05, 0) is 6.92 Å². The number of ether oxygens (including phenoxy) is 2. The molecule has 0 aliphatic carbocycles. The van der Waals surface area contributed by atoms with Gasteiger partial charge >= 0.3 is 0 Å². The van der Waals surface area contributed by atoms with Crippen LogP contribution in [0.15, 0.2) is 9.59 Å². The van der Waals surface area contributed by atoms with E-state index < -0.39 is 29.2 Å². The molecule has 0 aromatic heterocycles. The van der Waals surface area contributed by atoms with Crippen LogP contribution in [0.25, 0.3) is 0 Å². The number of hydrogen-bond acceptors (Lipinski definition) is 7. The fraction of sp³-hybridized carbons (Fsp3) is 0.636. The highest BCUT2D eigenvalue weighted by Gasteiger charge is 2.35. The molecule has 0 amide bonds.